The molecule has 38 heavy (non-hydrogen) atoms. The maximum atomic E-state index is 13.7. The van der Waals surface area contributed by atoms with Gasteiger partial charge in [-0.15, -0.1) is 10.2 Å². The topological polar surface area (TPSA) is 152 Å². The number of aromatic nitrogens is 3. The number of nitriles is 1. The number of rotatable bonds is 9. The Morgan fingerprint density at radius 3 is 2.39 bits per heavy atom. The molecule has 2 N–H and O–H groups in total. The number of ether oxygens (including phenoxy) is 2. The van der Waals surface area contributed by atoms with Crippen LogP contribution in [0.3, 0.4) is 0 Å². The van der Waals surface area contributed by atoms with Crippen LogP contribution in [0, 0.1) is 24.1 Å². The molecule has 4 aromatic rings. The molecule has 0 aliphatic heterocycles. The highest BCUT2D eigenvalue weighted by Crippen LogP contribution is 2.38. The van der Waals surface area contributed by atoms with Crippen LogP contribution in [-0.4, -0.2) is 47.8 Å². The predicted molar refractivity (Wildman–Crippen MR) is 135 cm³/mol. The number of furan rings is 1. The molecule has 2 heterocycles. The molecule has 198 valence electrons. The first kappa shape index (κ1) is 26.6. The van der Waals surface area contributed by atoms with Gasteiger partial charge in [-0.25, -0.2) is 12.8 Å². The van der Waals surface area contributed by atoms with E-state index in [1.807, 2.05) is 0 Å². The minimum absolute atomic E-state index is 0.0560. The van der Waals surface area contributed by atoms with Gasteiger partial charge in [0, 0.05) is 0 Å². The molecule has 0 radical (unpaired) electrons. The SMILES string of the molecule is COc1cccc(OC)c1-n1c(NS(=O)(=O)[C@H](C)[C@H](O)c2ccc(F)c(C#N)c2)nnc1-c1ccc(C)o1. The lowest BCUT2D eigenvalue weighted by Crippen LogP contribution is -2.32. The van der Waals surface area contributed by atoms with Crippen molar-refractivity contribution in [2.75, 3.05) is 18.9 Å². The third-order valence-electron chi connectivity index (χ3n) is 5.87. The number of para-hydroxylation sites is 1. The summed E-state index contributed by atoms with van der Waals surface area (Å²) >= 11 is 0. The number of aliphatic hydroxyl groups excluding tert-OH is 1. The Morgan fingerprint density at radius 1 is 1.13 bits per heavy atom. The number of halogens is 1. The quantitative estimate of drug-likeness (QED) is 0.323. The van der Waals surface area contributed by atoms with Crippen LogP contribution in [0.5, 0.6) is 11.5 Å². The molecule has 13 heteroatoms. The van der Waals surface area contributed by atoms with E-state index >= 15 is 0 Å². The van der Waals surface area contributed by atoms with Crippen molar-refractivity contribution in [3.63, 3.8) is 0 Å². The Bertz CT molecular complexity index is 1600. The highest BCUT2D eigenvalue weighted by molar-refractivity contribution is 7.93. The van der Waals surface area contributed by atoms with Crippen molar-refractivity contribution in [1.82, 2.24) is 14.8 Å². The average Bonchev–Trinajstić information content (AvgIpc) is 3.52. The van der Waals surface area contributed by atoms with Gasteiger partial charge >= 0.3 is 0 Å². The number of hydrogen-bond acceptors (Lipinski definition) is 9. The molecule has 0 saturated heterocycles. The van der Waals surface area contributed by atoms with Crippen LogP contribution in [0.2, 0.25) is 0 Å². The van der Waals surface area contributed by atoms with Crippen LogP contribution in [0.1, 0.15) is 29.9 Å². The zero-order valence-corrected chi connectivity index (χ0v) is 21.7. The summed E-state index contributed by atoms with van der Waals surface area (Å²) < 4.78 is 61.0. The normalized spacial score (nSPS) is 13.0. The van der Waals surface area contributed by atoms with E-state index in [-0.39, 0.29) is 22.9 Å². The lowest BCUT2D eigenvalue weighted by atomic mass is 10.0. The lowest BCUT2D eigenvalue weighted by molar-refractivity contribution is 0.176. The highest BCUT2D eigenvalue weighted by Gasteiger charge is 2.33. The highest BCUT2D eigenvalue weighted by atomic mass is 32.2. The van der Waals surface area contributed by atoms with Crippen LogP contribution in [0.25, 0.3) is 17.3 Å². The second-order valence-electron chi connectivity index (χ2n) is 8.25. The molecule has 0 aliphatic rings. The Balaban J connectivity index is 1.81. The summed E-state index contributed by atoms with van der Waals surface area (Å²) in [7, 11) is -1.45. The molecule has 0 unspecified atom stereocenters. The maximum Gasteiger partial charge on any atom is 0.243 e. The molecule has 2 aromatic heterocycles. The summed E-state index contributed by atoms with van der Waals surface area (Å²) in [6.07, 6.45) is -1.59. The van der Waals surface area contributed by atoms with E-state index in [0.29, 0.717) is 28.7 Å². The van der Waals surface area contributed by atoms with Crippen LogP contribution in [0.15, 0.2) is 52.9 Å². The molecule has 0 bridgehead atoms. The van der Waals surface area contributed by atoms with Gasteiger partial charge in [0.25, 0.3) is 0 Å². The number of anilines is 1. The smallest absolute Gasteiger partial charge is 0.243 e. The van der Waals surface area contributed by atoms with Gasteiger partial charge < -0.3 is 19.0 Å². The van der Waals surface area contributed by atoms with Crippen molar-refractivity contribution in [3.05, 3.63) is 71.2 Å². The monoisotopic (exact) mass is 541 g/mol. The first-order chi connectivity index (χ1) is 18.1. The minimum atomic E-state index is -4.34. The molecule has 0 aliphatic carbocycles. The largest absolute Gasteiger partial charge is 0.494 e. The van der Waals surface area contributed by atoms with Crippen molar-refractivity contribution in [3.8, 4) is 34.8 Å². The van der Waals surface area contributed by atoms with Crippen molar-refractivity contribution in [2.45, 2.75) is 25.2 Å². The Morgan fingerprint density at radius 2 is 1.82 bits per heavy atom. The Labute approximate surface area is 218 Å². The third-order valence-corrected chi connectivity index (χ3v) is 7.57. The van der Waals surface area contributed by atoms with Gasteiger partial charge in [-0.3, -0.25) is 9.29 Å². The van der Waals surface area contributed by atoms with Gasteiger partial charge in [0.2, 0.25) is 21.8 Å². The molecule has 0 fully saturated rings. The molecule has 0 amide bonds. The zero-order chi connectivity index (χ0) is 27.6. The fourth-order valence-electron chi connectivity index (χ4n) is 3.80. The number of hydrogen-bond donors (Lipinski definition) is 2. The maximum absolute atomic E-state index is 13.7. The van der Waals surface area contributed by atoms with Crippen LogP contribution in [0.4, 0.5) is 10.3 Å². The zero-order valence-electron chi connectivity index (χ0n) is 20.8. The summed E-state index contributed by atoms with van der Waals surface area (Å²) in [6.45, 7) is 3.01. The van der Waals surface area contributed by atoms with Crippen molar-refractivity contribution < 1.29 is 31.8 Å². The number of aryl methyl sites for hydroxylation is 1. The molecule has 2 aromatic carbocycles. The minimum Gasteiger partial charge on any atom is -0.494 e. The molecule has 0 saturated carbocycles. The molecule has 0 spiro atoms. The number of nitrogens with zero attached hydrogens (tertiary/aromatic N) is 4. The molecular formula is C25H24FN5O6S. The molecular weight excluding hydrogens is 517 g/mol. The van der Waals surface area contributed by atoms with E-state index < -0.39 is 27.2 Å². The standard InChI is InChI=1S/C25H24FN5O6S/c1-14-8-11-21(37-14)24-28-29-25(31(24)22-19(35-3)6-5-7-20(22)36-4)30-38(33,34)15(2)23(32)16-9-10-18(26)17(12-16)13-27/h5-12,15,23,32H,1-4H3,(H,29,30)/t15-,23+/m1/s1. The Kier molecular flexibility index (Phi) is 7.38. The summed E-state index contributed by atoms with van der Waals surface area (Å²) in [6, 6.07) is 13.4. The average molecular weight is 542 g/mol. The first-order valence-corrected chi connectivity index (χ1v) is 12.8. The lowest BCUT2D eigenvalue weighted by Gasteiger charge is -2.21. The number of methoxy groups -OCH3 is 2. The number of aliphatic hydroxyl groups is 1. The van der Waals surface area contributed by atoms with Gasteiger partial charge in [-0.1, -0.05) is 12.1 Å². The first-order valence-electron chi connectivity index (χ1n) is 11.2. The second-order valence-corrected chi connectivity index (χ2v) is 10.3. The summed E-state index contributed by atoms with van der Waals surface area (Å²) in [5.74, 6) is 0.705. The number of nitrogens with one attached hydrogen (secondary N) is 1. The van der Waals surface area contributed by atoms with Gasteiger partial charge in [0.05, 0.1) is 25.9 Å². The number of benzene rings is 2. The van der Waals surface area contributed by atoms with E-state index in [1.54, 1.807) is 43.3 Å². The van der Waals surface area contributed by atoms with Crippen molar-refractivity contribution in [2.24, 2.45) is 0 Å². The molecule has 4 rings (SSSR count). The fraction of sp³-hybridized carbons (Fsp3) is 0.240. The second kappa shape index (κ2) is 10.5. The van der Waals surface area contributed by atoms with E-state index in [9.17, 15) is 17.9 Å². The summed E-state index contributed by atoms with van der Waals surface area (Å²) in [5, 5.41) is 26.6. The van der Waals surface area contributed by atoms with E-state index in [2.05, 4.69) is 14.9 Å². The van der Waals surface area contributed by atoms with Crippen LogP contribution in [-0.2, 0) is 10.0 Å². The van der Waals surface area contributed by atoms with E-state index in [1.165, 1.54) is 31.8 Å². The summed E-state index contributed by atoms with van der Waals surface area (Å²) in [5.41, 5.74) is 0.0376. The fourth-order valence-corrected chi connectivity index (χ4v) is 4.87. The van der Waals surface area contributed by atoms with Gasteiger partial charge in [-0.05, 0) is 55.8 Å². The van der Waals surface area contributed by atoms with Crippen molar-refractivity contribution >= 4 is 16.0 Å². The summed E-state index contributed by atoms with van der Waals surface area (Å²) in [4.78, 5) is 0. The van der Waals surface area contributed by atoms with Gasteiger partial charge in [-0.2, -0.15) is 5.26 Å². The van der Waals surface area contributed by atoms with Gasteiger partial charge in [0.1, 0.15) is 40.1 Å². The van der Waals surface area contributed by atoms with Gasteiger partial charge in [0.15, 0.2) is 5.76 Å². The third kappa shape index (κ3) is 4.91. The Hall–Kier alpha value is -4.41. The van der Waals surface area contributed by atoms with E-state index in [4.69, 9.17) is 19.2 Å². The molecule has 11 nitrogen and oxygen atoms in total. The predicted octanol–water partition coefficient (Wildman–Crippen LogP) is 3.73. The van der Waals surface area contributed by atoms with Crippen LogP contribution >= 0.6 is 0 Å². The molecule has 2 atom stereocenters. The van der Waals surface area contributed by atoms with Crippen LogP contribution < -0.4 is 14.2 Å². The van der Waals surface area contributed by atoms with E-state index in [0.717, 1.165) is 12.1 Å². The number of sulfonamides is 1. The van der Waals surface area contributed by atoms with Crippen molar-refractivity contribution in [1.29, 1.82) is 5.26 Å².